The average Bonchev–Trinajstić information content (AvgIpc) is 2.68. The van der Waals surface area contributed by atoms with Gasteiger partial charge in [-0.1, -0.05) is 26.0 Å². The summed E-state index contributed by atoms with van der Waals surface area (Å²) in [7, 11) is 0. The van der Waals surface area contributed by atoms with Crippen molar-refractivity contribution < 1.29 is 4.74 Å². The molecule has 2 N–H and O–H groups in total. The van der Waals surface area contributed by atoms with Crippen molar-refractivity contribution in [2.75, 3.05) is 12.3 Å². The van der Waals surface area contributed by atoms with E-state index in [1.54, 1.807) is 12.3 Å². The van der Waals surface area contributed by atoms with Gasteiger partial charge in [-0.3, -0.25) is 4.79 Å². The second-order valence-corrected chi connectivity index (χ2v) is 7.61. The maximum absolute atomic E-state index is 12.1. The van der Waals surface area contributed by atoms with E-state index in [1.165, 1.54) is 10.7 Å². The molecule has 0 saturated heterocycles. The van der Waals surface area contributed by atoms with Crippen LogP contribution in [0.2, 0.25) is 0 Å². The molecular weight excluding hydrogens is 366 g/mol. The molecule has 0 aliphatic carbocycles. The van der Waals surface area contributed by atoms with Gasteiger partial charge in [0.05, 0.1) is 24.0 Å². The second-order valence-electron chi connectivity index (χ2n) is 7.61. The third-order valence-electron chi connectivity index (χ3n) is 4.49. The van der Waals surface area contributed by atoms with Crippen molar-refractivity contribution in [3.8, 4) is 28.3 Å². The number of nitrogens with zero attached hydrogens (tertiary/aromatic N) is 4. The predicted molar refractivity (Wildman–Crippen MR) is 115 cm³/mol. The van der Waals surface area contributed by atoms with Crippen LogP contribution in [0.25, 0.3) is 22.5 Å². The molecule has 0 aliphatic rings. The Labute approximate surface area is 170 Å². The van der Waals surface area contributed by atoms with E-state index in [0.29, 0.717) is 29.5 Å². The van der Waals surface area contributed by atoms with Crippen LogP contribution in [0.3, 0.4) is 0 Å². The lowest BCUT2D eigenvalue weighted by molar-refractivity contribution is 0.290. The van der Waals surface area contributed by atoms with Crippen molar-refractivity contribution in [1.29, 1.82) is 0 Å². The van der Waals surface area contributed by atoms with E-state index in [-0.39, 0.29) is 17.5 Å². The highest BCUT2D eigenvalue weighted by Gasteiger charge is 2.17. The minimum atomic E-state index is -0.154. The van der Waals surface area contributed by atoms with Crippen molar-refractivity contribution in [3.05, 3.63) is 52.9 Å². The number of nitrogen functional groups attached to an aromatic ring is 1. The molecular formula is C22H27N5O2. The Morgan fingerprint density at radius 1 is 1.07 bits per heavy atom. The largest absolute Gasteiger partial charge is 0.493 e. The summed E-state index contributed by atoms with van der Waals surface area (Å²) in [5.41, 5.74) is 8.47. The van der Waals surface area contributed by atoms with Gasteiger partial charge in [0.25, 0.3) is 5.56 Å². The highest BCUT2D eigenvalue weighted by molar-refractivity contribution is 5.81. The van der Waals surface area contributed by atoms with Gasteiger partial charge in [0, 0.05) is 23.4 Å². The van der Waals surface area contributed by atoms with Crippen LogP contribution in [0.5, 0.6) is 5.75 Å². The molecule has 0 radical (unpaired) electrons. The average molecular weight is 393 g/mol. The molecule has 3 rings (SSSR count). The van der Waals surface area contributed by atoms with Crippen molar-refractivity contribution in [2.45, 2.75) is 40.2 Å². The summed E-state index contributed by atoms with van der Waals surface area (Å²) >= 11 is 0. The number of para-hydroxylation sites is 1. The Morgan fingerprint density at radius 3 is 2.55 bits per heavy atom. The minimum Gasteiger partial charge on any atom is -0.493 e. The van der Waals surface area contributed by atoms with Crippen LogP contribution in [-0.2, 0) is 0 Å². The highest BCUT2D eigenvalue weighted by Crippen LogP contribution is 2.35. The number of rotatable bonds is 7. The van der Waals surface area contributed by atoms with E-state index < -0.39 is 0 Å². The Balaban J connectivity index is 2.10. The monoisotopic (exact) mass is 393 g/mol. The minimum absolute atomic E-state index is 0.0627. The van der Waals surface area contributed by atoms with Gasteiger partial charge in [-0.2, -0.15) is 5.10 Å². The highest BCUT2D eigenvalue weighted by atomic mass is 16.5. The van der Waals surface area contributed by atoms with E-state index >= 15 is 0 Å². The molecule has 0 bridgehead atoms. The SMILES string of the molecule is CC(C)CCOc1ccccc1-c1nc(N)ncc1-c1ccc(=O)n(C(C)C)n1. The summed E-state index contributed by atoms with van der Waals surface area (Å²) in [5.74, 6) is 1.44. The molecule has 0 spiro atoms. The lowest BCUT2D eigenvalue weighted by atomic mass is 10.0. The van der Waals surface area contributed by atoms with Gasteiger partial charge in [-0.15, -0.1) is 0 Å². The zero-order chi connectivity index (χ0) is 21.0. The Hall–Kier alpha value is -3.22. The second kappa shape index (κ2) is 8.86. The number of aromatic nitrogens is 4. The van der Waals surface area contributed by atoms with Gasteiger partial charge in [0.2, 0.25) is 5.95 Å². The molecule has 7 heteroatoms. The number of hydrogen-bond acceptors (Lipinski definition) is 6. The summed E-state index contributed by atoms with van der Waals surface area (Å²) < 4.78 is 7.48. The van der Waals surface area contributed by atoms with E-state index in [2.05, 4.69) is 28.9 Å². The fourth-order valence-corrected chi connectivity index (χ4v) is 2.92. The fourth-order valence-electron chi connectivity index (χ4n) is 2.92. The van der Waals surface area contributed by atoms with Crippen LogP contribution >= 0.6 is 0 Å². The summed E-state index contributed by atoms with van der Waals surface area (Å²) in [6.07, 6.45) is 2.59. The van der Waals surface area contributed by atoms with Gasteiger partial charge in [-0.25, -0.2) is 14.6 Å². The normalized spacial score (nSPS) is 11.2. The molecule has 2 aromatic heterocycles. The van der Waals surface area contributed by atoms with Gasteiger partial charge < -0.3 is 10.5 Å². The topological polar surface area (TPSA) is 95.9 Å². The zero-order valence-electron chi connectivity index (χ0n) is 17.3. The maximum Gasteiger partial charge on any atom is 0.267 e. The molecule has 0 saturated carbocycles. The van der Waals surface area contributed by atoms with Crippen molar-refractivity contribution in [1.82, 2.24) is 19.7 Å². The lowest BCUT2D eigenvalue weighted by Crippen LogP contribution is -2.24. The summed E-state index contributed by atoms with van der Waals surface area (Å²) in [6.45, 7) is 8.76. The molecule has 0 atom stereocenters. The molecule has 3 aromatic rings. The van der Waals surface area contributed by atoms with Gasteiger partial charge in [-0.05, 0) is 44.4 Å². The number of anilines is 1. The van der Waals surface area contributed by atoms with Crippen molar-refractivity contribution in [3.63, 3.8) is 0 Å². The Kier molecular flexibility index (Phi) is 6.26. The van der Waals surface area contributed by atoms with E-state index in [1.807, 2.05) is 38.1 Å². The summed E-state index contributed by atoms with van der Waals surface area (Å²) in [6, 6.07) is 10.8. The van der Waals surface area contributed by atoms with Crippen LogP contribution in [0.4, 0.5) is 5.95 Å². The van der Waals surface area contributed by atoms with Crippen LogP contribution in [0.15, 0.2) is 47.4 Å². The first-order valence-corrected chi connectivity index (χ1v) is 9.81. The van der Waals surface area contributed by atoms with Crippen molar-refractivity contribution in [2.24, 2.45) is 5.92 Å². The molecule has 0 unspecified atom stereocenters. The first kappa shape index (κ1) is 20.5. The predicted octanol–water partition coefficient (Wildman–Crippen LogP) is 3.96. The quantitative estimate of drug-likeness (QED) is 0.653. The number of nitrogens with two attached hydrogens (primary N) is 1. The first-order chi connectivity index (χ1) is 13.9. The van der Waals surface area contributed by atoms with E-state index in [4.69, 9.17) is 10.5 Å². The molecule has 2 heterocycles. The smallest absolute Gasteiger partial charge is 0.267 e. The van der Waals surface area contributed by atoms with Crippen LogP contribution in [0, 0.1) is 5.92 Å². The molecule has 7 nitrogen and oxygen atoms in total. The van der Waals surface area contributed by atoms with Gasteiger partial charge >= 0.3 is 0 Å². The standard InChI is InChI=1S/C22H27N5O2/c1-14(2)11-12-29-19-8-6-5-7-16(19)21-17(13-24-22(23)25-21)18-9-10-20(28)27(26-18)15(3)4/h5-10,13-15H,11-12H2,1-4H3,(H2,23,24,25). The Bertz CT molecular complexity index is 1040. The summed E-state index contributed by atoms with van der Waals surface area (Å²) in [4.78, 5) is 20.7. The third-order valence-corrected chi connectivity index (χ3v) is 4.49. The summed E-state index contributed by atoms with van der Waals surface area (Å²) in [5, 5.41) is 4.52. The van der Waals surface area contributed by atoms with Crippen LogP contribution < -0.4 is 16.0 Å². The molecule has 0 aliphatic heterocycles. The molecule has 29 heavy (non-hydrogen) atoms. The number of benzene rings is 1. The van der Waals surface area contributed by atoms with Gasteiger partial charge in [0.1, 0.15) is 5.75 Å². The third kappa shape index (κ3) is 4.80. The zero-order valence-corrected chi connectivity index (χ0v) is 17.3. The lowest BCUT2D eigenvalue weighted by Gasteiger charge is -2.15. The molecule has 0 amide bonds. The van der Waals surface area contributed by atoms with E-state index in [0.717, 1.165) is 17.7 Å². The molecule has 0 fully saturated rings. The number of ether oxygens (including phenoxy) is 1. The molecule has 1 aromatic carbocycles. The Morgan fingerprint density at radius 2 is 1.83 bits per heavy atom. The van der Waals surface area contributed by atoms with E-state index in [9.17, 15) is 4.79 Å². The molecule has 152 valence electrons. The first-order valence-electron chi connectivity index (χ1n) is 9.81. The van der Waals surface area contributed by atoms with Crippen molar-refractivity contribution >= 4 is 5.95 Å². The maximum atomic E-state index is 12.1. The number of hydrogen-bond donors (Lipinski definition) is 1. The fraction of sp³-hybridized carbons (Fsp3) is 0.364. The van der Waals surface area contributed by atoms with Crippen LogP contribution in [0.1, 0.15) is 40.2 Å². The van der Waals surface area contributed by atoms with Crippen LogP contribution in [-0.4, -0.2) is 26.4 Å². The van der Waals surface area contributed by atoms with Gasteiger partial charge in [0.15, 0.2) is 0 Å².